The summed E-state index contributed by atoms with van der Waals surface area (Å²) >= 11 is 0. The summed E-state index contributed by atoms with van der Waals surface area (Å²) in [5.41, 5.74) is 2.60. The first-order chi connectivity index (χ1) is 13.2. The van der Waals surface area contributed by atoms with Crippen molar-refractivity contribution >= 4 is 17.4 Å². The summed E-state index contributed by atoms with van der Waals surface area (Å²) in [4.78, 5) is 16.7. The van der Waals surface area contributed by atoms with Crippen LogP contribution in [0.3, 0.4) is 0 Å². The number of rotatable bonds is 8. The highest BCUT2D eigenvalue weighted by atomic mass is 16.5. The standard InChI is InChI=1S/C22H23N3O2/c1-27-20-11-9-19(10-12-20)25-22(26)18-13-15-24-21(16-18)23-14-5-8-17-6-3-2-4-7-17/h2-4,6-7,9-13,15-16H,5,8,14H2,1H3,(H,23,24)(H,25,26). The molecule has 0 aliphatic heterocycles. The van der Waals surface area contributed by atoms with Crippen molar-refractivity contribution in [3.8, 4) is 5.75 Å². The second-order valence-electron chi connectivity index (χ2n) is 6.13. The number of benzene rings is 2. The molecule has 27 heavy (non-hydrogen) atoms. The Kier molecular flexibility index (Phi) is 6.41. The van der Waals surface area contributed by atoms with E-state index < -0.39 is 0 Å². The summed E-state index contributed by atoms with van der Waals surface area (Å²) in [7, 11) is 1.61. The number of anilines is 2. The van der Waals surface area contributed by atoms with E-state index in [-0.39, 0.29) is 5.91 Å². The van der Waals surface area contributed by atoms with Gasteiger partial charge in [-0.1, -0.05) is 30.3 Å². The third kappa shape index (κ3) is 5.57. The molecule has 3 rings (SSSR count). The second-order valence-corrected chi connectivity index (χ2v) is 6.13. The second kappa shape index (κ2) is 9.38. The number of nitrogens with one attached hydrogen (secondary N) is 2. The molecule has 5 nitrogen and oxygen atoms in total. The van der Waals surface area contributed by atoms with Gasteiger partial charge in [-0.05, 0) is 54.8 Å². The maximum Gasteiger partial charge on any atom is 0.255 e. The predicted molar refractivity (Wildman–Crippen MR) is 108 cm³/mol. The van der Waals surface area contributed by atoms with Gasteiger partial charge in [0.1, 0.15) is 11.6 Å². The molecule has 1 aromatic heterocycles. The van der Waals surface area contributed by atoms with Crippen LogP contribution in [0.4, 0.5) is 11.5 Å². The van der Waals surface area contributed by atoms with Crippen molar-refractivity contribution in [3.63, 3.8) is 0 Å². The molecule has 0 bridgehead atoms. The third-order valence-corrected chi connectivity index (χ3v) is 4.16. The fourth-order valence-electron chi connectivity index (χ4n) is 2.70. The van der Waals surface area contributed by atoms with Crippen molar-refractivity contribution in [2.45, 2.75) is 12.8 Å². The van der Waals surface area contributed by atoms with E-state index in [9.17, 15) is 4.79 Å². The van der Waals surface area contributed by atoms with Gasteiger partial charge in [0, 0.05) is 24.0 Å². The number of amides is 1. The Labute approximate surface area is 159 Å². The predicted octanol–water partition coefficient (Wildman–Crippen LogP) is 4.39. The molecule has 0 unspecified atom stereocenters. The quantitative estimate of drug-likeness (QED) is 0.584. The number of carbonyl (C=O) groups excluding carboxylic acids is 1. The topological polar surface area (TPSA) is 63.2 Å². The highest BCUT2D eigenvalue weighted by molar-refractivity contribution is 6.04. The highest BCUT2D eigenvalue weighted by Crippen LogP contribution is 2.16. The van der Waals surface area contributed by atoms with Crippen LogP contribution in [-0.2, 0) is 6.42 Å². The fraction of sp³-hybridized carbons (Fsp3) is 0.182. The largest absolute Gasteiger partial charge is 0.497 e. The van der Waals surface area contributed by atoms with Crippen molar-refractivity contribution < 1.29 is 9.53 Å². The molecule has 2 N–H and O–H groups in total. The van der Waals surface area contributed by atoms with Crippen molar-refractivity contribution in [1.82, 2.24) is 4.98 Å². The van der Waals surface area contributed by atoms with E-state index in [1.165, 1.54) is 5.56 Å². The van der Waals surface area contributed by atoms with Crippen LogP contribution in [0.5, 0.6) is 5.75 Å². The van der Waals surface area contributed by atoms with Crippen molar-refractivity contribution in [2.24, 2.45) is 0 Å². The first-order valence-electron chi connectivity index (χ1n) is 8.94. The fourth-order valence-corrected chi connectivity index (χ4v) is 2.70. The molecule has 0 radical (unpaired) electrons. The number of carbonyl (C=O) groups is 1. The van der Waals surface area contributed by atoms with E-state index in [1.807, 2.05) is 18.2 Å². The molecule has 0 fully saturated rings. The number of aryl methyl sites for hydroxylation is 1. The molecule has 1 heterocycles. The number of ether oxygens (including phenoxy) is 1. The average Bonchev–Trinajstić information content (AvgIpc) is 2.73. The Hall–Kier alpha value is -3.34. The first kappa shape index (κ1) is 18.5. The highest BCUT2D eigenvalue weighted by Gasteiger charge is 2.07. The third-order valence-electron chi connectivity index (χ3n) is 4.16. The maximum atomic E-state index is 12.4. The van der Waals surface area contributed by atoms with Crippen LogP contribution in [0.15, 0.2) is 72.9 Å². The Bertz CT molecular complexity index is 864. The molecular weight excluding hydrogens is 338 g/mol. The number of methoxy groups -OCH3 is 1. The lowest BCUT2D eigenvalue weighted by atomic mass is 10.1. The minimum atomic E-state index is -0.171. The molecule has 0 saturated heterocycles. The van der Waals surface area contributed by atoms with Gasteiger partial charge in [0.05, 0.1) is 7.11 Å². The van der Waals surface area contributed by atoms with Crippen molar-refractivity contribution in [1.29, 1.82) is 0 Å². The summed E-state index contributed by atoms with van der Waals surface area (Å²) in [5, 5.41) is 6.16. The SMILES string of the molecule is COc1ccc(NC(=O)c2ccnc(NCCCc3ccccc3)c2)cc1. The van der Waals surface area contributed by atoms with Gasteiger partial charge in [0.15, 0.2) is 0 Å². The normalized spacial score (nSPS) is 10.3. The molecule has 1 amide bonds. The van der Waals surface area contributed by atoms with E-state index in [2.05, 4.69) is 39.9 Å². The molecule has 0 aliphatic carbocycles. The lowest BCUT2D eigenvalue weighted by Gasteiger charge is -2.09. The molecule has 0 aliphatic rings. The first-order valence-corrected chi connectivity index (χ1v) is 8.94. The van der Waals surface area contributed by atoms with Crippen LogP contribution in [0.25, 0.3) is 0 Å². The van der Waals surface area contributed by atoms with E-state index >= 15 is 0 Å². The molecule has 2 aromatic carbocycles. The van der Waals surface area contributed by atoms with Crippen LogP contribution in [0.2, 0.25) is 0 Å². The zero-order valence-electron chi connectivity index (χ0n) is 15.3. The van der Waals surface area contributed by atoms with Crippen LogP contribution in [0.1, 0.15) is 22.3 Å². The summed E-state index contributed by atoms with van der Waals surface area (Å²) in [6, 6.07) is 21.1. The molecule has 0 spiro atoms. The lowest BCUT2D eigenvalue weighted by molar-refractivity contribution is 0.102. The van der Waals surface area contributed by atoms with Gasteiger partial charge >= 0.3 is 0 Å². The molecule has 5 heteroatoms. The van der Waals surface area contributed by atoms with Crippen molar-refractivity contribution in [3.05, 3.63) is 84.1 Å². The van der Waals surface area contributed by atoms with Crippen LogP contribution in [0, 0.1) is 0 Å². The molecule has 0 saturated carbocycles. The average molecular weight is 361 g/mol. The van der Waals surface area contributed by atoms with Gasteiger partial charge in [0.25, 0.3) is 5.91 Å². The van der Waals surface area contributed by atoms with E-state index in [1.54, 1.807) is 37.6 Å². The van der Waals surface area contributed by atoms with Crippen LogP contribution < -0.4 is 15.4 Å². The van der Waals surface area contributed by atoms with Crippen molar-refractivity contribution in [2.75, 3.05) is 24.3 Å². The number of nitrogens with zero attached hydrogens (tertiary/aromatic N) is 1. The number of pyridine rings is 1. The molecular formula is C22H23N3O2. The smallest absolute Gasteiger partial charge is 0.255 e. The van der Waals surface area contributed by atoms with E-state index in [0.717, 1.165) is 30.8 Å². The van der Waals surface area contributed by atoms with Crippen LogP contribution >= 0.6 is 0 Å². The summed E-state index contributed by atoms with van der Waals surface area (Å²) in [6.07, 6.45) is 3.64. The molecule has 3 aromatic rings. The van der Waals surface area contributed by atoms with E-state index in [0.29, 0.717) is 11.4 Å². The summed E-state index contributed by atoms with van der Waals surface area (Å²) in [5.74, 6) is 1.28. The minimum absolute atomic E-state index is 0.171. The lowest BCUT2D eigenvalue weighted by Crippen LogP contribution is -2.13. The number of hydrogen-bond acceptors (Lipinski definition) is 4. The van der Waals surface area contributed by atoms with Crippen LogP contribution in [-0.4, -0.2) is 24.5 Å². The Morgan fingerprint density at radius 2 is 1.81 bits per heavy atom. The van der Waals surface area contributed by atoms with Gasteiger partial charge in [-0.2, -0.15) is 0 Å². The zero-order chi connectivity index (χ0) is 18.9. The Morgan fingerprint density at radius 1 is 1.04 bits per heavy atom. The molecule has 0 atom stereocenters. The van der Waals surface area contributed by atoms with E-state index in [4.69, 9.17) is 4.74 Å². The molecule has 138 valence electrons. The zero-order valence-corrected chi connectivity index (χ0v) is 15.3. The van der Waals surface area contributed by atoms with Gasteiger partial charge in [-0.3, -0.25) is 4.79 Å². The van der Waals surface area contributed by atoms with Gasteiger partial charge in [0.2, 0.25) is 0 Å². The number of hydrogen-bond donors (Lipinski definition) is 2. The monoisotopic (exact) mass is 361 g/mol. The summed E-state index contributed by atoms with van der Waals surface area (Å²) in [6.45, 7) is 0.797. The van der Waals surface area contributed by atoms with Gasteiger partial charge in [-0.25, -0.2) is 4.98 Å². The van der Waals surface area contributed by atoms with Gasteiger partial charge < -0.3 is 15.4 Å². The number of aromatic nitrogens is 1. The summed E-state index contributed by atoms with van der Waals surface area (Å²) < 4.78 is 5.12. The minimum Gasteiger partial charge on any atom is -0.497 e. The maximum absolute atomic E-state index is 12.4. The Morgan fingerprint density at radius 3 is 2.56 bits per heavy atom. The Balaban J connectivity index is 1.52. The van der Waals surface area contributed by atoms with Gasteiger partial charge in [-0.15, -0.1) is 0 Å².